The highest BCUT2D eigenvalue weighted by molar-refractivity contribution is 5.98. The minimum absolute atomic E-state index is 0.0963. The van der Waals surface area contributed by atoms with Crippen LogP contribution in [0, 0.1) is 0 Å². The largest absolute Gasteiger partial charge is 0.375 e. The number of benzene rings is 1. The molecule has 0 aliphatic carbocycles. The molecule has 4 nitrogen and oxygen atoms in total. The molecule has 2 aliphatic rings. The maximum atomic E-state index is 12.7. The SMILES string of the molecule is CCn1ccc2cc(C(=O)N3CCC4(CCO4)CC3)ccc21. The van der Waals surface area contributed by atoms with Crippen LogP contribution in [-0.2, 0) is 11.3 Å². The molecule has 116 valence electrons. The first-order valence-corrected chi connectivity index (χ1v) is 8.23. The molecule has 2 fully saturated rings. The van der Waals surface area contributed by atoms with Crippen LogP contribution in [0.25, 0.3) is 10.9 Å². The van der Waals surface area contributed by atoms with Crippen LogP contribution in [0.3, 0.4) is 0 Å². The number of hydrogen-bond acceptors (Lipinski definition) is 2. The average molecular weight is 298 g/mol. The molecule has 4 rings (SSSR count). The zero-order valence-corrected chi connectivity index (χ0v) is 13.0. The first-order valence-electron chi connectivity index (χ1n) is 8.23. The molecule has 22 heavy (non-hydrogen) atoms. The monoisotopic (exact) mass is 298 g/mol. The molecule has 2 aliphatic heterocycles. The number of carbonyl (C=O) groups is 1. The molecule has 0 unspecified atom stereocenters. The minimum Gasteiger partial charge on any atom is -0.375 e. The van der Waals surface area contributed by atoms with Crippen molar-refractivity contribution in [1.82, 2.24) is 9.47 Å². The van der Waals surface area contributed by atoms with Crippen LogP contribution in [0.15, 0.2) is 30.5 Å². The van der Waals surface area contributed by atoms with Crippen LogP contribution in [0.4, 0.5) is 0 Å². The van der Waals surface area contributed by atoms with Gasteiger partial charge in [-0.25, -0.2) is 0 Å². The van der Waals surface area contributed by atoms with E-state index < -0.39 is 0 Å². The Balaban J connectivity index is 1.52. The van der Waals surface area contributed by atoms with Crippen molar-refractivity contribution in [3.8, 4) is 0 Å². The number of piperidine rings is 1. The predicted molar refractivity (Wildman–Crippen MR) is 86.0 cm³/mol. The van der Waals surface area contributed by atoms with E-state index in [0.717, 1.165) is 56.5 Å². The number of aryl methyl sites for hydroxylation is 1. The van der Waals surface area contributed by atoms with Gasteiger partial charge < -0.3 is 14.2 Å². The van der Waals surface area contributed by atoms with E-state index in [1.807, 2.05) is 17.0 Å². The number of hydrogen-bond donors (Lipinski definition) is 0. The number of fused-ring (bicyclic) bond motifs is 1. The lowest BCUT2D eigenvalue weighted by molar-refractivity contribution is -0.169. The first kappa shape index (κ1) is 13.8. The van der Waals surface area contributed by atoms with Gasteiger partial charge in [0, 0.05) is 42.3 Å². The quantitative estimate of drug-likeness (QED) is 0.854. The molecule has 0 atom stereocenters. The Morgan fingerprint density at radius 2 is 2.00 bits per heavy atom. The molecule has 2 saturated heterocycles. The number of aromatic nitrogens is 1. The Kier molecular flexibility index (Phi) is 3.22. The summed E-state index contributed by atoms with van der Waals surface area (Å²) in [4.78, 5) is 14.7. The summed E-state index contributed by atoms with van der Waals surface area (Å²) in [6.07, 6.45) is 5.20. The number of nitrogens with zero attached hydrogens (tertiary/aromatic N) is 2. The van der Waals surface area contributed by atoms with Gasteiger partial charge >= 0.3 is 0 Å². The van der Waals surface area contributed by atoms with Gasteiger partial charge in [0.2, 0.25) is 0 Å². The first-order chi connectivity index (χ1) is 10.7. The van der Waals surface area contributed by atoms with Crippen molar-refractivity contribution in [3.05, 3.63) is 36.0 Å². The molecule has 0 N–H and O–H groups in total. The van der Waals surface area contributed by atoms with Crippen molar-refractivity contribution in [3.63, 3.8) is 0 Å². The van der Waals surface area contributed by atoms with E-state index in [0.29, 0.717) is 0 Å². The second-order valence-electron chi connectivity index (χ2n) is 6.45. The topological polar surface area (TPSA) is 34.5 Å². The predicted octanol–water partition coefficient (Wildman–Crippen LogP) is 3.06. The summed E-state index contributed by atoms with van der Waals surface area (Å²) in [5, 5.41) is 1.14. The fourth-order valence-corrected chi connectivity index (χ4v) is 3.69. The second kappa shape index (κ2) is 5.13. The van der Waals surface area contributed by atoms with Crippen molar-refractivity contribution in [2.45, 2.75) is 38.3 Å². The second-order valence-corrected chi connectivity index (χ2v) is 6.45. The molecule has 3 heterocycles. The Hall–Kier alpha value is -1.81. The van der Waals surface area contributed by atoms with Crippen LogP contribution in [0.5, 0.6) is 0 Å². The minimum atomic E-state index is 0.0963. The Morgan fingerprint density at radius 1 is 1.23 bits per heavy atom. The van der Waals surface area contributed by atoms with Crippen LogP contribution < -0.4 is 0 Å². The van der Waals surface area contributed by atoms with Gasteiger partial charge in [-0.15, -0.1) is 0 Å². The summed E-state index contributed by atoms with van der Waals surface area (Å²) >= 11 is 0. The van der Waals surface area contributed by atoms with Gasteiger partial charge in [0.25, 0.3) is 5.91 Å². The lowest BCUT2D eigenvalue weighted by Gasteiger charge is -2.47. The van der Waals surface area contributed by atoms with Crippen LogP contribution in [0.1, 0.15) is 36.5 Å². The van der Waals surface area contributed by atoms with Gasteiger partial charge in [-0.1, -0.05) is 0 Å². The van der Waals surface area contributed by atoms with E-state index in [9.17, 15) is 4.79 Å². The molecule has 1 aromatic carbocycles. The molecule has 4 heteroatoms. The maximum Gasteiger partial charge on any atom is 0.253 e. The molecule has 1 amide bonds. The highest BCUT2D eigenvalue weighted by atomic mass is 16.5. The van der Waals surface area contributed by atoms with E-state index in [1.165, 1.54) is 5.52 Å². The van der Waals surface area contributed by atoms with E-state index >= 15 is 0 Å². The highest BCUT2D eigenvalue weighted by Gasteiger charge is 2.41. The van der Waals surface area contributed by atoms with Gasteiger partial charge in [0.15, 0.2) is 0 Å². The number of amides is 1. The highest BCUT2D eigenvalue weighted by Crippen LogP contribution is 2.37. The van der Waals surface area contributed by atoms with Gasteiger partial charge in [0.1, 0.15) is 0 Å². The summed E-state index contributed by atoms with van der Waals surface area (Å²) in [6.45, 7) is 5.59. The fraction of sp³-hybridized carbons (Fsp3) is 0.500. The van der Waals surface area contributed by atoms with Crippen molar-refractivity contribution in [1.29, 1.82) is 0 Å². The standard InChI is InChI=1S/C18H22N2O2/c1-2-19-9-5-14-13-15(3-4-16(14)19)17(21)20-10-6-18(7-11-20)8-12-22-18/h3-5,9,13H,2,6-8,10-12H2,1H3. The summed E-state index contributed by atoms with van der Waals surface area (Å²) in [5.74, 6) is 0.153. The van der Waals surface area contributed by atoms with Gasteiger partial charge in [-0.2, -0.15) is 0 Å². The van der Waals surface area contributed by atoms with Crippen LogP contribution in [0.2, 0.25) is 0 Å². The van der Waals surface area contributed by atoms with Crippen LogP contribution >= 0.6 is 0 Å². The van der Waals surface area contributed by atoms with Gasteiger partial charge in [-0.3, -0.25) is 4.79 Å². The molecule has 1 aromatic heterocycles. The fourth-order valence-electron chi connectivity index (χ4n) is 3.69. The Bertz CT molecular complexity index is 705. The molecular weight excluding hydrogens is 276 g/mol. The average Bonchev–Trinajstić information content (AvgIpc) is 2.95. The molecular formula is C18H22N2O2. The molecule has 1 spiro atoms. The summed E-state index contributed by atoms with van der Waals surface area (Å²) in [6, 6.07) is 8.13. The number of ether oxygens (including phenoxy) is 1. The number of carbonyl (C=O) groups excluding carboxylic acids is 1. The van der Waals surface area contributed by atoms with Gasteiger partial charge in [-0.05, 0) is 50.5 Å². The molecule has 0 saturated carbocycles. The molecule has 0 bridgehead atoms. The summed E-state index contributed by atoms with van der Waals surface area (Å²) < 4.78 is 7.92. The molecule has 2 aromatic rings. The third-order valence-corrected chi connectivity index (χ3v) is 5.29. The van der Waals surface area contributed by atoms with Gasteiger partial charge in [0.05, 0.1) is 12.2 Å². The van der Waals surface area contributed by atoms with E-state index in [-0.39, 0.29) is 11.5 Å². The van der Waals surface area contributed by atoms with Crippen molar-refractivity contribution in [2.75, 3.05) is 19.7 Å². The van der Waals surface area contributed by atoms with E-state index in [2.05, 4.69) is 29.8 Å². The smallest absolute Gasteiger partial charge is 0.253 e. The number of rotatable bonds is 2. The van der Waals surface area contributed by atoms with Crippen molar-refractivity contribution in [2.24, 2.45) is 0 Å². The molecule has 0 radical (unpaired) electrons. The van der Waals surface area contributed by atoms with E-state index in [4.69, 9.17) is 4.74 Å². The Labute approximate surface area is 130 Å². The third-order valence-electron chi connectivity index (χ3n) is 5.29. The van der Waals surface area contributed by atoms with Crippen molar-refractivity contribution < 1.29 is 9.53 Å². The summed E-state index contributed by atoms with van der Waals surface area (Å²) in [5.41, 5.74) is 2.09. The Morgan fingerprint density at radius 3 is 2.64 bits per heavy atom. The third kappa shape index (κ3) is 2.13. The lowest BCUT2D eigenvalue weighted by Crippen LogP contribution is -2.53. The lowest BCUT2D eigenvalue weighted by atomic mass is 9.84. The summed E-state index contributed by atoms with van der Waals surface area (Å²) in [7, 11) is 0. The zero-order valence-electron chi connectivity index (χ0n) is 13.0. The van der Waals surface area contributed by atoms with E-state index in [1.54, 1.807) is 0 Å². The van der Waals surface area contributed by atoms with Crippen molar-refractivity contribution >= 4 is 16.8 Å². The maximum absolute atomic E-state index is 12.7. The number of likely N-dealkylation sites (tertiary alicyclic amines) is 1. The zero-order chi connectivity index (χ0) is 15.2. The normalized spacial score (nSPS) is 20.3. The van der Waals surface area contributed by atoms with Crippen LogP contribution in [-0.4, -0.2) is 40.7 Å².